The van der Waals surface area contributed by atoms with Crippen LogP contribution < -0.4 is 10.2 Å². The zero-order chi connectivity index (χ0) is 16.0. The molecule has 0 spiro atoms. The normalized spacial score (nSPS) is 12.0. The van der Waals surface area contributed by atoms with Gasteiger partial charge in [0.2, 0.25) is 0 Å². The Morgan fingerprint density at radius 3 is 2.43 bits per heavy atom. The van der Waals surface area contributed by atoms with Crippen LogP contribution in [0.25, 0.3) is 0 Å². The van der Waals surface area contributed by atoms with Gasteiger partial charge in [-0.25, -0.2) is 4.98 Å². The zero-order valence-electron chi connectivity index (χ0n) is 13.0. The average Bonchev–Trinajstić information content (AvgIpc) is 2.42. The average molecular weight is 293 g/mol. The first-order valence-corrected chi connectivity index (χ1v) is 6.95. The maximum Gasteiger partial charge on any atom is 0.308 e. The van der Waals surface area contributed by atoms with Crippen molar-refractivity contribution in [1.29, 1.82) is 0 Å². The highest BCUT2D eigenvalue weighted by Crippen LogP contribution is 2.12. The molecular formula is C15H23N3O3. The number of hydrogen-bond acceptors (Lipinski definition) is 4. The van der Waals surface area contributed by atoms with Crippen molar-refractivity contribution in [3.05, 3.63) is 23.9 Å². The third-order valence-electron chi connectivity index (χ3n) is 3.08. The second-order valence-electron chi connectivity index (χ2n) is 5.67. The fourth-order valence-corrected chi connectivity index (χ4v) is 1.94. The Bertz CT molecular complexity index is 483. The highest BCUT2D eigenvalue weighted by molar-refractivity contribution is 5.94. The first-order chi connectivity index (χ1) is 9.81. The summed E-state index contributed by atoms with van der Waals surface area (Å²) >= 11 is 0. The quantitative estimate of drug-likeness (QED) is 0.798. The number of aromatic nitrogens is 1. The van der Waals surface area contributed by atoms with Crippen LogP contribution in [-0.4, -0.2) is 42.6 Å². The summed E-state index contributed by atoms with van der Waals surface area (Å²) in [6.07, 6.45) is 2.02. The smallest absolute Gasteiger partial charge is 0.308 e. The summed E-state index contributed by atoms with van der Waals surface area (Å²) in [6, 6.07) is 3.42. The van der Waals surface area contributed by atoms with Gasteiger partial charge in [0.25, 0.3) is 5.91 Å². The molecule has 1 amide bonds. The van der Waals surface area contributed by atoms with Crippen LogP contribution in [0.2, 0.25) is 0 Å². The lowest BCUT2D eigenvalue weighted by Gasteiger charge is -2.15. The standard InChI is InChI=1S/C15H23N3O3/c1-10(2)7-12(15(20)21)9-17-14(19)11-5-6-13(16-8-11)18(3)4/h5-6,8,10,12H,7,9H2,1-4H3,(H,17,19)(H,20,21). The maximum atomic E-state index is 12.0. The number of pyridine rings is 1. The molecule has 0 aliphatic heterocycles. The van der Waals surface area contributed by atoms with Crippen molar-refractivity contribution in [1.82, 2.24) is 10.3 Å². The molecule has 0 saturated carbocycles. The molecular weight excluding hydrogens is 270 g/mol. The number of anilines is 1. The SMILES string of the molecule is CC(C)CC(CNC(=O)c1ccc(N(C)C)nc1)C(=O)O. The van der Waals surface area contributed by atoms with E-state index in [2.05, 4.69) is 10.3 Å². The molecule has 0 fully saturated rings. The van der Waals surface area contributed by atoms with E-state index in [1.807, 2.05) is 32.8 Å². The van der Waals surface area contributed by atoms with Crippen LogP contribution in [0.1, 0.15) is 30.6 Å². The molecule has 0 aromatic carbocycles. The first kappa shape index (κ1) is 16.9. The Hall–Kier alpha value is -2.11. The molecule has 0 bridgehead atoms. The van der Waals surface area contributed by atoms with Crippen LogP contribution in [-0.2, 0) is 4.79 Å². The predicted octanol–water partition coefficient (Wildman–Crippen LogP) is 1.62. The van der Waals surface area contributed by atoms with E-state index in [9.17, 15) is 9.59 Å². The number of rotatable bonds is 7. The van der Waals surface area contributed by atoms with Gasteiger partial charge in [0, 0.05) is 26.8 Å². The highest BCUT2D eigenvalue weighted by atomic mass is 16.4. The lowest BCUT2D eigenvalue weighted by Crippen LogP contribution is -2.33. The molecule has 6 heteroatoms. The molecule has 1 aromatic heterocycles. The third kappa shape index (κ3) is 5.41. The largest absolute Gasteiger partial charge is 0.481 e. The summed E-state index contributed by atoms with van der Waals surface area (Å²) in [5, 5.41) is 11.8. The summed E-state index contributed by atoms with van der Waals surface area (Å²) < 4.78 is 0. The van der Waals surface area contributed by atoms with Crippen molar-refractivity contribution in [2.24, 2.45) is 11.8 Å². The summed E-state index contributed by atoms with van der Waals surface area (Å²) in [5.74, 6) is -0.727. The molecule has 0 saturated heterocycles. The minimum Gasteiger partial charge on any atom is -0.481 e. The van der Waals surface area contributed by atoms with E-state index in [0.29, 0.717) is 12.0 Å². The molecule has 2 N–H and O–H groups in total. The van der Waals surface area contributed by atoms with E-state index in [1.54, 1.807) is 12.1 Å². The van der Waals surface area contributed by atoms with E-state index in [4.69, 9.17) is 5.11 Å². The molecule has 1 atom stereocenters. The van der Waals surface area contributed by atoms with Crippen molar-refractivity contribution in [3.8, 4) is 0 Å². The summed E-state index contributed by atoms with van der Waals surface area (Å²) in [5.41, 5.74) is 0.425. The van der Waals surface area contributed by atoms with Gasteiger partial charge in [0.15, 0.2) is 0 Å². The van der Waals surface area contributed by atoms with Gasteiger partial charge in [0.05, 0.1) is 11.5 Å². The van der Waals surface area contributed by atoms with Gasteiger partial charge >= 0.3 is 5.97 Å². The zero-order valence-corrected chi connectivity index (χ0v) is 13.0. The van der Waals surface area contributed by atoms with Gasteiger partial charge < -0.3 is 15.3 Å². The van der Waals surface area contributed by atoms with Crippen LogP contribution in [0.5, 0.6) is 0 Å². The molecule has 0 aliphatic carbocycles. The maximum absolute atomic E-state index is 12.0. The van der Waals surface area contributed by atoms with Crippen molar-refractivity contribution < 1.29 is 14.7 Å². The van der Waals surface area contributed by atoms with Crippen LogP contribution in [0, 0.1) is 11.8 Å². The number of hydrogen-bond donors (Lipinski definition) is 2. The summed E-state index contributed by atoms with van der Waals surface area (Å²) in [4.78, 5) is 29.1. The number of nitrogens with zero attached hydrogens (tertiary/aromatic N) is 2. The Morgan fingerprint density at radius 2 is 2.00 bits per heavy atom. The monoisotopic (exact) mass is 293 g/mol. The van der Waals surface area contributed by atoms with Crippen LogP contribution in [0.15, 0.2) is 18.3 Å². The number of carbonyl (C=O) groups excluding carboxylic acids is 1. The minimum absolute atomic E-state index is 0.127. The van der Waals surface area contributed by atoms with Crippen LogP contribution in [0.4, 0.5) is 5.82 Å². The first-order valence-electron chi connectivity index (χ1n) is 6.95. The number of carboxylic acid groups (broad SMARTS) is 1. The van der Waals surface area contributed by atoms with E-state index < -0.39 is 11.9 Å². The van der Waals surface area contributed by atoms with Gasteiger partial charge in [0.1, 0.15) is 5.82 Å². The Labute approximate surface area is 125 Å². The van der Waals surface area contributed by atoms with E-state index >= 15 is 0 Å². The fraction of sp³-hybridized carbons (Fsp3) is 0.533. The number of nitrogens with one attached hydrogen (secondary N) is 1. The van der Waals surface area contributed by atoms with Gasteiger partial charge in [-0.1, -0.05) is 13.8 Å². The summed E-state index contributed by atoms with van der Waals surface area (Å²) in [6.45, 7) is 4.05. The third-order valence-corrected chi connectivity index (χ3v) is 3.08. The van der Waals surface area contributed by atoms with E-state index in [1.165, 1.54) is 6.20 Å². The molecule has 1 unspecified atom stereocenters. The van der Waals surface area contributed by atoms with Crippen molar-refractivity contribution in [3.63, 3.8) is 0 Å². The Morgan fingerprint density at radius 1 is 1.33 bits per heavy atom. The van der Waals surface area contributed by atoms with Gasteiger partial charge in [-0.2, -0.15) is 0 Å². The Kier molecular flexibility index (Phi) is 6.14. The topological polar surface area (TPSA) is 82.5 Å². The second-order valence-corrected chi connectivity index (χ2v) is 5.67. The number of carbonyl (C=O) groups is 2. The molecule has 6 nitrogen and oxygen atoms in total. The number of aliphatic carboxylic acids is 1. The Balaban J connectivity index is 2.61. The van der Waals surface area contributed by atoms with E-state index in [0.717, 1.165) is 5.82 Å². The van der Waals surface area contributed by atoms with Gasteiger partial charge in [-0.15, -0.1) is 0 Å². The second kappa shape index (κ2) is 7.61. The minimum atomic E-state index is -0.884. The van der Waals surface area contributed by atoms with Gasteiger partial charge in [-0.05, 0) is 24.5 Å². The highest BCUT2D eigenvalue weighted by Gasteiger charge is 2.20. The lowest BCUT2D eigenvalue weighted by molar-refractivity contribution is -0.142. The summed E-state index contributed by atoms with van der Waals surface area (Å²) in [7, 11) is 3.73. The number of amides is 1. The number of carboxylic acids is 1. The van der Waals surface area contributed by atoms with Crippen molar-refractivity contribution in [2.75, 3.05) is 25.5 Å². The van der Waals surface area contributed by atoms with Crippen molar-refractivity contribution in [2.45, 2.75) is 20.3 Å². The lowest BCUT2D eigenvalue weighted by atomic mass is 9.97. The van der Waals surface area contributed by atoms with Crippen LogP contribution in [0.3, 0.4) is 0 Å². The molecule has 21 heavy (non-hydrogen) atoms. The molecule has 0 radical (unpaired) electrons. The molecule has 0 aliphatic rings. The van der Waals surface area contributed by atoms with Gasteiger partial charge in [-0.3, -0.25) is 9.59 Å². The molecule has 1 rings (SSSR count). The van der Waals surface area contributed by atoms with E-state index in [-0.39, 0.29) is 18.4 Å². The molecule has 116 valence electrons. The van der Waals surface area contributed by atoms with Crippen LogP contribution >= 0.6 is 0 Å². The molecule has 1 heterocycles. The van der Waals surface area contributed by atoms with Crippen molar-refractivity contribution >= 4 is 17.7 Å². The fourth-order valence-electron chi connectivity index (χ4n) is 1.94. The molecule has 1 aromatic rings. The predicted molar refractivity (Wildman–Crippen MR) is 81.5 cm³/mol.